The lowest BCUT2D eigenvalue weighted by atomic mass is 9.99. The second-order valence-corrected chi connectivity index (χ2v) is 4.88. The number of amides is 1. The van der Waals surface area contributed by atoms with Gasteiger partial charge in [0.05, 0.1) is 26.4 Å². The Morgan fingerprint density at radius 3 is 2.81 bits per heavy atom. The third-order valence-corrected chi connectivity index (χ3v) is 3.41. The molecule has 1 heterocycles. The number of carbonyl (C=O) groups excluding carboxylic acids is 2. The Morgan fingerprint density at radius 1 is 1.33 bits per heavy atom. The second kappa shape index (κ2) is 6.97. The van der Waals surface area contributed by atoms with Gasteiger partial charge in [-0.2, -0.15) is 0 Å². The average molecular weight is 293 g/mol. The maximum absolute atomic E-state index is 11.5. The fourth-order valence-corrected chi connectivity index (χ4v) is 2.23. The first kappa shape index (κ1) is 15.2. The molecule has 6 heteroatoms. The maximum atomic E-state index is 11.5. The van der Waals surface area contributed by atoms with Crippen LogP contribution < -0.4 is 14.8 Å². The molecule has 1 amide bonds. The number of nitrogens with one attached hydrogen (secondary N) is 1. The van der Waals surface area contributed by atoms with Crippen molar-refractivity contribution in [2.45, 2.75) is 12.8 Å². The lowest BCUT2D eigenvalue weighted by Gasteiger charge is -2.22. The summed E-state index contributed by atoms with van der Waals surface area (Å²) in [4.78, 5) is 22.8. The summed E-state index contributed by atoms with van der Waals surface area (Å²) in [5.74, 6) is 0.852. The van der Waals surface area contributed by atoms with E-state index in [0.717, 1.165) is 6.42 Å². The summed E-state index contributed by atoms with van der Waals surface area (Å²) < 4.78 is 15.6. The molecule has 1 saturated heterocycles. The van der Waals surface area contributed by atoms with E-state index >= 15 is 0 Å². The van der Waals surface area contributed by atoms with Crippen molar-refractivity contribution in [2.24, 2.45) is 5.92 Å². The van der Waals surface area contributed by atoms with Gasteiger partial charge >= 0.3 is 5.97 Å². The van der Waals surface area contributed by atoms with Crippen LogP contribution in [-0.2, 0) is 9.53 Å². The minimum absolute atomic E-state index is 0.0582. The highest BCUT2D eigenvalue weighted by Gasteiger charge is 2.20. The summed E-state index contributed by atoms with van der Waals surface area (Å²) in [6, 6.07) is 4.87. The lowest BCUT2D eigenvalue weighted by molar-refractivity contribution is -0.123. The van der Waals surface area contributed by atoms with E-state index in [0.29, 0.717) is 36.6 Å². The molecule has 1 fully saturated rings. The molecule has 0 spiro atoms. The van der Waals surface area contributed by atoms with Crippen LogP contribution in [0.15, 0.2) is 18.2 Å². The number of esters is 1. The molecule has 1 aromatic carbocycles. The Balaban J connectivity index is 2.02. The monoisotopic (exact) mass is 293 g/mol. The number of carbonyl (C=O) groups is 2. The highest BCUT2D eigenvalue weighted by molar-refractivity contribution is 5.90. The molecule has 1 aliphatic heterocycles. The van der Waals surface area contributed by atoms with E-state index in [2.05, 4.69) is 10.1 Å². The Kier molecular flexibility index (Phi) is 5.03. The summed E-state index contributed by atoms with van der Waals surface area (Å²) >= 11 is 0. The van der Waals surface area contributed by atoms with Gasteiger partial charge in [-0.3, -0.25) is 4.79 Å². The van der Waals surface area contributed by atoms with Crippen LogP contribution in [0.2, 0.25) is 0 Å². The Hall–Kier alpha value is -2.24. The van der Waals surface area contributed by atoms with Gasteiger partial charge in [0, 0.05) is 18.9 Å². The van der Waals surface area contributed by atoms with E-state index in [1.807, 2.05) is 0 Å². The number of benzene rings is 1. The number of methoxy groups -OCH3 is 2. The first-order valence-corrected chi connectivity index (χ1v) is 6.80. The number of hydrogen-bond acceptors (Lipinski definition) is 5. The van der Waals surface area contributed by atoms with Crippen molar-refractivity contribution >= 4 is 11.9 Å². The van der Waals surface area contributed by atoms with Gasteiger partial charge in [0.2, 0.25) is 5.91 Å². The average Bonchev–Trinajstić information content (AvgIpc) is 2.52. The molecule has 2 rings (SSSR count). The topological polar surface area (TPSA) is 73.9 Å². The van der Waals surface area contributed by atoms with Crippen molar-refractivity contribution in [1.82, 2.24) is 5.32 Å². The molecule has 1 atom stereocenters. The predicted octanol–water partition coefficient (Wildman–Crippen LogP) is 1.39. The standard InChI is InChI=1S/C15H19NO5/c1-19-13-8-11(15(18)20-2)3-4-12(13)21-9-10-5-6-16-14(17)7-10/h3-4,8,10H,5-7,9H2,1-2H3,(H,16,17). The molecule has 1 N–H and O–H groups in total. The van der Waals surface area contributed by atoms with E-state index in [9.17, 15) is 9.59 Å². The summed E-state index contributed by atoms with van der Waals surface area (Å²) in [6.45, 7) is 1.13. The third-order valence-electron chi connectivity index (χ3n) is 3.41. The zero-order chi connectivity index (χ0) is 15.2. The van der Waals surface area contributed by atoms with E-state index < -0.39 is 5.97 Å². The predicted molar refractivity (Wildman–Crippen MR) is 75.6 cm³/mol. The molecule has 114 valence electrons. The van der Waals surface area contributed by atoms with Gasteiger partial charge in [0.15, 0.2) is 11.5 Å². The summed E-state index contributed by atoms with van der Waals surface area (Å²) in [7, 11) is 2.84. The van der Waals surface area contributed by atoms with E-state index in [4.69, 9.17) is 9.47 Å². The summed E-state index contributed by atoms with van der Waals surface area (Å²) in [6.07, 6.45) is 1.37. The second-order valence-electron chi connectivity index (χ2n) is 4.88. The van der Waals surface area contributed by atoms with Gasteiger partial charge in [-0.25, -0.2) is 4.79 Å². The molecule has 21 heavy (non-hydrogen) atoms. The highest BCUT2D eigenvalue weighted by Crippen LogP contribution is 2.29. The van der Waals surface area contributed by atoms with E-state index in [1.54, 1.807) is 18.2 Å². The molecule has 0 saturated carbocycles. The number of piperidine rings is 1. The van der Waals surface area contributed by atoms with Crippen molar-refractivity contribution in [1.29, 1.82) is 0 Å². The van der Waals surface area contributed by atoms with Crippen LogP contribution in [0.4, 0.5) is 0 Å². The highest BCUT2D eigenvalue weighted by atomic mass is 16.5. The first-order valence-electron chi connectivity index (χ1n) is 6.80. The van der Waals surface area contributed by atoms with Crippen molar-refractivity contribution in [2.75, 3.05) is 27.4 Å². The Morgan fingerprint density at radius 2 is 2.14 bits per heavy atom. The van der Waals surface area contributed by atoms with Crippen molar-refractivity contribution in [3.05, 3.63) is 23.8 Å². The van der Waals surface area contributed by atoms with Crippen LogP contribution in [0, 0.1) is 5.92 Å². The third kappa shape index (κ3) is 3.87. The van der Waals surface area contributed by atoms with Crippen LogP contribution >= 0.6 is 0 Å². The van der Waals surface area contributed by atoms with Crippen LogP contribution in [0.1, 0.15) is 23.2 Å². The molecule has 1 aromatic rings. The van der Waals surface area contributed by atoms with Gasteiger partial charge in [0.25, 0.3) is 0 Å². The molecule has 1 unspecified atom stereocenters. The van der Waals surface area contributed by atoms with Gasteiger partial charge in [-0.15, -0.1) is 0 Å². The number of rotatable bonds is 5. The normalized spacial score (nSPS) is 17.8. The fourth-order valence-electron chi connectivity index (χ4n) is 2.23. The number of hydrogen-bond donors (Lipinski definition) is 1. The molecular formula is C15H19NO5. The van der Waals surface area contributed by atoms with Crippen LogP contribution in [0.3, 0.4) is 0 Å². The zero-order valence-electron chi connectivity index (χ0n) is 12.2. The molecule has 0 radical (unpaired) electrons. The van der Waals surface area contributed by atoms with Crippen molar-refractivity contribution < 1.29 is 23.8 Å². The first-order chi connectivity index (χ1) is 10.1. The van der Waals surface area contributed by atoms with Crippen molar-refractivity contribution in [3.8, 4) is 11.5 Å². The molecule has 0 aromatic heterocycles. The van der Waals surface area contributed by atoms with Gasteiger partial charge in [-0.05, 0) is 24.6 Å². The van der Waals surface area contributed by atoms with E-state index in [-0.39, 0.29) is 11.8 Å². The Bertz CT molecular complexity index is 529. The van der Waals surface area contributed by atoms with Crippen LogP contribution in [-0.4, -0.2) is 39.2 Å². The minimum Gasteiger partial charge on any atom is -0.493 e. The van der Waals surface area contributed by atoms with E-state index in [1.165, 1.54) is 14.2 Å². The number of ether oxygens (including phenoxy) is 3. The smallest absolute Gasteiger partial charge is 0.337 e. The summed E-state index contributed by atoms with van der Waals surface area (Å²) in [5, 5.41) is 2.79. The molecular weight excluding hydrogens is 274 g/mol. The summed E-state index contributed by atoms with van der Waals surface area (Å²) in [5.41, 5.74) is 0.402. The van der Waals surface area contributed by atoms with Crippen LogP contribution in [0.25, 0.3) is 0 Å². The SMILES string of the molecule is COC(=O)c1ccc(OCC2CCNC(=O)C2)c(OC)c1. The minimum atomic E-state index is -0.427. The van der Waals surface area contributed by atoms with Crippen LogP contribution in [0.5, 0.6) is 11.5 Å². The molecule has 1 aliphatic rings. The van der Waals surface area contributed by atoms with Gasteiger partial charge < -0.3 is 19.5 Å². The zero-order valence-corrected chi connectivity index (χ0v) is 12.2. The van der Waals surface area contributed by atoms with Gasteiger partial charge in [-0.1, -0.05) is 0 Å². The largest absolute Gasteiger partial charge is 0.493 e. The quantitative estimate of drug-likeness (QED) is 0.830. The van der Waals surface area contributed by atoms with Gasteiger partial charge in [0.1, 0.15) is 0 Å². The maximum Gasteiger partial charge on any atom is 0.337 e. The van der Waals surface area contributed by atoms with Crippen molar-refractivity contribution in [3.63, 3.8) is 0 Å². The molecule has 6 nitrogen and oxygen atoms in total. The fraction of sp³-hybridized carbons (Fsp3) is 0.467. The lowest BCUT2D eigenvalue weighted by Crippen LogP contribution is -2.35. The molecule has 0 aliphatic carbocycles. The Labute approximate surface area is 123 Å². The molecule has 0 bridgehead atoms.